The van der Waals surface area contributed by atoms with Crippen LogP contribution in [0.2, 0.25) is 0 Å². The molecule has 0 aromatic rings. The van der Waals surface area contributed by atoms with Crippen LogP contribution in [0.4, 0.5) is 0 Å². The van der Waals surface area contributed by atoms with Crippen molar-refractivity contribution < 1.29 is 0 Å². The lowest BCUT2D eigenvalue weighted by molar-refractivity contribution is 0.310. The van der Waals surface area contributed by atoms with Gasteiger partial charge in [-0.2, -0.15) is 0 Å². The molecule has 1 heterocycles. The minimum Gasteiger partial charge on any atom is -0.370 e. The van der Waals surface area contributed by atoms with Crippen molar-refractivity contribution in [2.45, 2.75) is 25.8 Å². The molecule has 0 aromatic heterocycles. The van der Waals surface area contributed by atoms with Crippen molar-refractivity contribution in [3.05, 3.63) is 12.2 Å². The zero-order valence-electron chi connectivity index (χ0n) is 10.2. The Morgan fingerprint density at radius 1 is 1.62 bits per heavy atom. The molecule has 0 bridgehead atoms. The molecule has 1 saturated heterocycles. The summed E-state index contributed by atoms with van der Waals surface area (Å²) in [5.74, 6) is 0.526. The highest BCUT2D eigenvalue weighted by Gasteiger charge is 2.20. The van der Waals surface area contributed by atoms with Crippen LogP contribution in [0, 0.1) is 0 Å². The van der Waals surface area contributed by atoms with Gasteiger partial charge < -0.3 is 16.0 Å². The number of nitrogens with zero attached hydrogens (tertiary/aromatic N) is 2. The number of guanidine groups is 1. The first-order valence-electron chi connectivity index (χ1n) is 5.48. The van der Waals surface area contributed by atoms with Crippen molar-refractivity contribution >= 4 is 29.9 Å². The maximum Gasteiger partial charge on any atom is 0.188 e. The second kappa shape index (κ2) is 7.89. The van der Waals surface area contributed by atoms with E-state index in [0.29, 0.717) is 18.5 Å². The highest BCUT2D eigenvalue weighted by atomic mass is 127. The summed E-state index contributed by atoms with van der Waals surface area (Å²) < 4.78 is 0. The van der Waals surface area contributed by atoms with Crippen molar-refractivity contribution in [3.8, 4) is 0 Å². The number of hydrogen-bond acceptors (Lipinski definition) is 2. The Hall–Kier alpha value is -0.300. The SMILES string of the molecule is C=C(C)CN=C(N)NCC1CCCN1C.I. The quantitative estimate of drug-likeness (QED) is 0.350. The molecule has 0 aliphatic carbocycles. The summed E-state index contributed by atoms with van der Waals surface area (Å²) in [6, 6.07) is 0.601. The zero-order valence-corrected chi connectivity index (χ0v) is 12.5. The van der Waals surface area contributed by atoms with Gasteiger partial charge >= 0.3 is 0 Å². The van der Waals surface area contributed by atoms with Crippen LogP contribution in [-0.2, 0) is 0 Å². The summed E-state index contributed by atoms with van der Waals surface area (Å²) in [6.45, 7) is 8.42. The normalized spacial score (nSPS) is 21.6. The minimum absolute atomic E-state index is 0. The number of likely N-dealkylation sites (N-methyl/N-ethyl adjacent to an activating group) is 1. The maximum absolute atomic E-state index is 5.72. The van der Waals surface area contributed by atoms with Gasteiger partial charge in [0.2, 0.25) is 0 Å². The summed E-state index contributed by atoms with van der Waals surface area (Å²) in [5, 5.41) is 3.16. The van der Waals surface area contributed by atoms with Gasteiger partial charge in [0.1, 0.15) is 0 Å². The third kappa shape index (κ3) is 5.69. The number of rotatable bonds is 4. The van der Waals surface area contributed by atoms with Crippen LogP contribution < -0.4 is 11.1 Å². The van der Waals surface area contributed by atoms with Crippen LogP contribution >= 0.6 is 24.0 Å². The third-order valence-corrected chi connectivity index (χ3v) is 2.71. The largest absolute Gasteiger partial charge is 0.370 e. The van der Waals surface area contributed by atoms with E-state index in [0.717, 1.165) is 12.1 Å². The van der Waals surface area contributed by atoms with Gasteiger partial charge in [0, 0.05) is 12.6 Å². The predicted molar refractivity (Wildman–Crippen MR) is 80.4 cm³/mol. The number of likely N-dealkylation sites (tertiary alicyclic amines) is 1. The Labute approximate surface area is 115 Å². The molecule has 1 atom stereocenters. The average molecular weight is 338 g/mol. The molecule has 1 fully saturated rings. The highest BCUT2D eigenvalue weighted by Crippen LogP contribution is 2.13. The smallest absolute Gasteiger partial charge is 0.188 e. The number of hydrogen-bond donors (Lipinski definition) is 2. The van der Waals surface area contributed by atoms with Crippen LogP contribution in [0.3, 0.4) is 0 Å². The van der Waals surface area contributed by atoms with Crippen LogP contribution in [0.15, 0.2) is 17.1 Å². The monoisotopic (exact) mass is 338 g/mol. The minimum atomic E-state index is 0. The standard InChI is InChI=1S/C11H22N4.HI/c1-9(2)7-13-11(12)14-8-10-5-4-6-15(10)3;/h10H,1,4-8H2,2-3H3,(H3,12,13,14);1H. The van der Waals surface area contributed by atoms with Gasteiger partial charge in [-0.3, -0.25) is 0 Å². The molecule has 3 N–H and O–H groups in total. The maximum atomic E-state index is 5.72. The predicted octanol–water partition coefficient (Wildman–Crippen LogP) is 1.18. The fourth-order valence-electron chi connectivity index (χ4n) is 1.74. The van der Waals surface area contributed by atoms with E-state index in [9.17, 15) is 0 Å². The molecule has 1 unspecified atom stereocenters. The molecule has 94 valence electrons. The van der Waals surface area contributed by atoms with E-state index in [2.05, 4.69) is 28.8 Å². The fourth-order valence-corrected chi connectivity index (χ4v) is 1.74. The molecular formula is C11H23IN4. The number of halogens is 1. The summed E-state index contributed by atoms with van der Waals surface area (Å²) in [5.41, 5.74) is 6.75. The van der Waals surface area contributed by atoms with Crippen LogP contribution in [-0.4, -0.2) is 43.6 Å². The molecule has 4 nitrogen and oxygen atoms in total. The van der Waals surface area contributed by atoms with Crippen molar-refractivity contribution in [1.29, 1.82) is 0 Å². The molecule has 0 radical (unpaired) electrons. The van der Waals surface area contributed by atoms with Gasteiger partial charge in [-0.1, -0.05) is 12.2 Å². The molecule has 0 amide bonds. The van der Waals surface area contributed by atoms with E-state index in [1.54, 1.807) is 0 Å². The van der Waals surface area contributed by atoms with Gasteiger partial charge in [0.05, 0.1) is 6.54 Å². The van der Waals surface area contributed by atoms with Crippen molar-refractivity contribution in [1.82, 2.24) is 10.2 Å². The van der Waals surface area contributed by atoms with Gasteiger partial charge in [0.15, 0.2) is 5.96 Å². The summed E-state index contributed by atoms with van der Waals surface area (Å²) >= 11 is 0. The summed E-state index contributed by atoms with van der Waals surface area (Å²) in [4.78, 5) is 6.54. The first-order chi connectivity index (χ1) is 7.09. The Kier molecular flexibility index (Phi) is 7.74. The summed E-state index contributed by atoms with van der Waals surface area (Å²) in [7, 11) is 2.15. The first kappa shape index (κ1) is 15.7. The van der Waals surface area contributed by atoms with Gasteiger partial charge in [0.25, 0.3) is 0 Å². The van der Waals surface area contributed by atoms with Crippen LogP contribution in [0.1, 0.15) is 19.8 Å². The molecule has 0 spiro atoms. The second-order valence-electron chi connectivity index (χ2n) is 4.32. The molecule has 1 aliphatic heterocycles. The topological polar surface area (TPSA) is 53.6 Å². The van der Waals surface area contributed by atoms with E-state index in [4.69, 9.17) is 5.73 Å². The van der Waals surface area contributed by atoms with Crippen molar-refractivity contribution in [3.63, 3.8) is 0 Å². The molecule has 1 aliphatic rings. The third-order valence-electron chi connectivity index (χ3n) is 2.71. The van der Waals surface area contributed by atoms with Gasteiger partial charge in [-0.15, -0.1) is 24.0 Å². The van der Waals surface area contributed by atoms with Gasteiger partial charge in [-0.25, -0.2) is 4.99 Å². The number of nitrogens with two attached hydrogens (primary N) is 1. The molecular weight excluding hydrogens is 315 g/mol. The highest BCUT2D eigenvalue weighted by molar-refractivity contribution is 14.0. The molecule has 5 heteroatoms. The van der Waals surface area contributed by atoms with Crippen molar-refractivity contribution in [2.75, 3.05) is 26.7 Å². The number of aliphatic imine (C=N–C) groups is 1. The van der Waals surface area contributed by atoms with E-state index in [1.807, 2.05) is 6.92 Å². The lowest BCUT2D eigenvalue weighted by atomic mass is 10.2. The first-order valence-corrected chi connectivity index (χ1v) is 5.48. The molecule has 0 saturated carbocycles. The summed E-state index contributed by atoms with van der Waals surface area (Å²) in [6.07, 6.45) is 2.53. The van der Waals surface area contributed by atoms with Gasteiger partial charge in [-0.05, 0) is 33.4 Å². The molecule has 0 aromatic carbocycles. The van der Waals surface area contributed by atoms with E-state index >= 15 is 0 Å². The average Bonchev–Trinajstić information content (AvgIpc) is 2.58. The Morgan fingerprint density at radius 2 is 2.31 bits per heavy atom. The van der Waals surface area contributed by atoms with Crippen LogP contribution in [0.25, 0.3) is 0 Å². The Balaban J connectivity index is 0.00000225. The van der Waals surface area contributed by atoms with Crippen LogP contribution in [0.5, 0.6) is 0 Å². The Morgan fingerprint density at radius 3 is 2.81 bits per heavy atom. The second-order valence-corrected chi connectivity index (χ2v) is 4.32. The van der Waals surface area contributed by atoms with E-state index < -0.39 is 0 Å². The zero-order chi connectivity index (χ0) is 11.3. The lowest BCUT2D eigenvalue weighted by Gasteiger charge is -2.19. The van der Waals surface area contributed by atoms with E-state index in [1.165, 1.54) is 19.4 Å². The van der Waals surface area contributed by atoms with E-state index in [-0.39, 0.29) is 24.0 Å². The lowest BCUT2D eigenvalue weighted by Crippen LogP contribution is -2.41. The van der Waals surface area contributed by atoms with Crippen molar-refractivity contribution in [2.24, 2.45) is 10.7 Å². The fraction of sp³-hybridized carbons (Fsp3) is 0.727. The number of nitrogens with one attached hydrogen (secondary N) is 1. The molecule has 16 heavy (non-hydrogen) atoms. The molecule has 1 rings (SSSR count). The Bertz CT molecular complexity index is 252.